The van der Waals surface area contributed by atoms with Gasteiger partial charge in [-0.05, 0) is 24.1 Å². The monoisotopic (exact) mass is 404 g/mol. The van der Waals surface area contributed by atoms with Gasteiger partial charge in [-0.1, -0.05) is 12.1 Å². The van der Waals surface area contributed by atoms with E-state index in [-0.39, 0.29) is 0 Å². The van der Waals surface area contributed by atoms with Crippen LogP contribution in [0.15, 0.2) is 41.6 Å². The van der Waals surface area contributed by atoms with E-state index in [0.717, 1.165) is 36.5 Å². The number of aryl methyl sites for hydroxylation is 1. The topological polar surface area (TPSA) is 127 Å². The van der Waals surface area contributed by atoms with E-state index in [0.29, 0.717) is 0 Å². The van der Waals surface area contributed by atoms with E-state index in [2.05, 4.69) is 4.98 Å². The van der Waals surface area contributed by atoms with Crippen molar-refractivity contribution in [1.82, 2.24) is 4.98 Å². The third kappa shape index (κ3) is 4.58. The van der Waals surface area contributed by atoms with Gasteiger partial charge in [0, 0.05) is 6.07 Å². The molecule has 0 saturated heterocycles. The molecule has 2 aromatic rings. The second-order valence-electron chi connectivity index (χ2n) is 5.32. The zero-order chi connectivity index (χ0) is 20.4. The van der Waals surface area contributed by atoms with Crippen LogP contribution in [0.4, 0.5) is 18.9 Å². The zero-order valence-corrected chi connectivity index (χ0v) is 14.1. The molecule has 144 valence electrons. The first kappa shape index (κ1) is 20.3. The lowest BCUT2D eigenvalue weighted by atomic mass is 9.99. The molecule has 0 amide bonds. The zero-order valence-electron chi connectivity index (χ0n) is 13.3. The Labute approximate surface area is 150 Å². The molecule has 0 aliphatic heterocycles. The number of hydrogen-bond donors (Lipinski definition) is 1. The summed E-state index contributed by atoms with van der Waals surface area (Å²) in [5, 5.41) is 19.0. The van der Waals surface area contributed by atoms with Crippen molar-refractivity contribution < 1.29 is 36.4 Å². The van der Waals surface area contributed by atoms with Gasteiger partial charge in [-0.2, -0.15) is 13.2 Å². The Kier molecular flexibility index (Phi) is 5.49. The second-order valence-corrected chi connectivity index (χ2v) is 7.38. The van der Waals surface area contributed by atoms with Crippen molar-refractivity contribution in [2.24, 2.45) is 0 Å². The average Bonchev–Trinajstić information content (AvgIpc) is 2.58. The maximum Gasteiger partial charge on any atom is 0.417 e. The van der Waals surface area contributed by atoms with Crippen LogP contribution in [-0.2, 0) is 22.4 Å². The molecule has 0 radical (unpaired) electrons. The molecule has 0 fully saturated rings. The normalized spacial score (nSPS) is 12.0. The fourth-order valence-corrected chi connectivity index (χ4v) is 3.52. The van der Waals surface area contributed by atoms with Crippen molar-refractivity contribution in [3.8, 4) is 0 Å². The summed E-state index contributed by atoms with van der Waals surface area (Å²) in [5.74, 6) is -2.58. The Morgan fingerprint density at radius 2 is 1.89 bits per heavy atom. The summed E-state index contributed by atoms with van der Waals surface area (Å²) in [6.45, 7) is 0. The third-order valence-electron chi connectivity index (χ3n) is 3.55. The molecule has 0 aliphatic carbocycles. The van der Waals surface area contributed by atoms with Crippen LogP contribution < -0.4 is 0 Å². The average molecular weight is 404 g/mol. The number of aromatic carboxylic acids is 1. The van der Waals surface area contributed by atoms with E-state index in [1.54, 1.807) is 0 Å². The predicted octanol–water partition coefficient (Wildman–Crippen LogP) is 2.72. The van der Waals surface area contributed by atoms with Gasteiger partial charge < -0.3 is 5.11 Å². The standard InChI is InChI=1S/C15H11F3N2O6S/c16-15(17,18)13-9(2-1-3-11(13)14(21)22)6-7-27(25,26)12-5-4-10(8-19-12)20(23)24/h1-5,8H,6-7H2,(H,21,22). The number of nitro groups is 1. The number of alkyl halides is 3. The molecule has 8 nitrogen and oxygen atoms in total. The van der Waals surface area contributed by atoms with Gasteiger partial charge in [-0.25, -0.2) is 18.2 Å². The third-order valence-corrected chi connectivity index (χ3v) is 5.18. The molecule has 0 unspecified atom stereocenters. The van der Waals surface area contributed by atoms with Crippen LogP contribution in [0.1, 0.15) is 21.5 Å². The minimum atomic E-state index is -4.99. The Balaban J connectivity index is 2.34. The van der Waals surface area contributed by atoms with E-state index >= 15 is 0 Å². The molecule has 0 saturated carbocycles. The molecular weight excluding hydrogens is 393 g/mol. The van der Waals surface area contributed by atoms with E-state index in [9.17, 15) is 36.5 Å². The quantitative estimate of drug-likeness (QED) is 0.579. The van der Waals surface area contributed by atoms with Crippen LogP contribution >= 0.6 is 0 Å². The van der Waals surface area contributed by atoms with Gasteiger partial charge in [-0.3, -0.25) is 10.1 Å². The first-order valence-corrected chi connectivity index (χ1v) is 8.84. The van der Waals surface area contributed by atoms with Crippen LogP contribution in [0.2, 0.25) is 0 Å². The lowest BCUT2D eigenvalue weighted by Crippen LogP contribution is -2.18. The predicted molar refractivity (Wildman–Crippen MR) is 85.1 cm³/mol. The maximum absolute atomic E-state index is 13.2. The van der Waals surface area contributed by atoms with Crippen LogP contribution in [0, 0.1) is 10.1 Å². The molecule has 12 heteroatoms. The lowest BCUT2D eigenvalue weighted by Gasteiger charge is -2.15. The highest BCUT2D eigenvalue weighted by molar-refractivity contribution is 7.91. The van der Waals surface area contributed by atoms with E-state index < -0.39 is 66.5 Å². The van der Waals surface area contributed by atoms with E-state index in [1.165, 1.54) is 0 Å². The molecule has 1 heterocycles. The molecule has 0 atom stereocenters. The Morgan fingerprint density at radius 1 is 1.22 bits per heavy atom. The number of pyridine rings is 1. The summed E-state index contributed by atoms with van der Waals surface area (Å²) >= 11 is 0. The molecular formula is C15H11F3N2O6S. The molecule has 0 spiro atoms. The summed E-state index contributed by atoms with van der Waals surface area (Å²) < 4.78 is 64.2. The highest BCUT2D eigenvalue weighted by atomic mass is 32.2. The second kappa shape index (κ2) is 7.31. The SMILES string of the molecule is O=C(O)c1cccc(CCS(=O)(=O)c2ccc([N+](=O)[O-])cn2)c1C(F)(F)F. The number of aromatic nitrogens is 1. The Hall–Kier alpha value is -3.02. The summed E-state index contributed by atoms with van der Waals surface area (Å²) in [5.41, 5.74) is -3.33. The molecule has 2 rings (SSSR count). The number of rotatable bonds is 6. The van der Waals surface area contributed by atoms with Crippen molar-refractivity contribution in [3.05, 3.63) is 63.3 Å². The minimum absolute atomic E-state index is 0.442. The first-order chi connectivity index (χ1) is 12.4. The van der Waals surface area contributed by atoms with Crippen molar-refractivity contribution in [2.45, 2.75) is 17.6 Å². The van der Waals surface area contributed by atoms with Gasteiger partial charge in [0.15, 0.2) is 14.9 Å². The van der Waals surface area contributed by atoms with Crippen molar-refractivity contribution in [1.29, 1.82) is 0 Å². The molecule has 0 bridgehead atoms. The number of benzene rings is 1. The fraction of sp³-hybridized carbons (Fsp3) is 0.200. The van der Waals surface area contributed by atoms with Crippen LogP contribution in [0.25, 0.3) is 0 Å². The van der Waals surface area contributed by atoms with Crippen molar-refractivity contribution in [3.63, 3.8) is 0 Å². The van der Waals surface area contributed by atoms with Gasteiger partial charge in [0.1, 0.15) is 6.20 Å². The molecule has 0 aliphatic rings. The highest BCUT2D eigenvalue weighted by Gasteiger charge is 2.38. The number of sulfone groups is 1. The number of carboxylic acids is 1. The number of nitrogens with zero attached hydrogens (tertiary/aromatic N) is 2. The van der Waals surface area contributed by atoms with E-state index in [1.807, 2.05) is 0 Å². The van der Waals surface area contributed by atoms with Gasteiger partial charge >= 0.3 is 12.1 Å². The van der Waals surface area contributed by atoms with Crippen molar-refractivity contribution >= 4 is 21.5 Å². The van der Waals surface area contributed by atoms with Gasteiger partial charge in [0.25, 0.3) is 5.69 Å². The van der Waals surface area contributed by atoms with E-state index in [4.69, 9.17) is 5.11 Å². The summed E-state index contributed by atoms with van der Waals surface area (Å²) in [4.78, 5) is 24.3. The highest BCUT2D eigenvalue weighted by Crippen LogP contribution is 2.35. The first-order valence-electron chi connectivity index (χ1n) is 7.19. The smallest absolute Gasteiger partial charge is 0.417 e. The molecule has 1 aromatic carbocycles. The number of halogens is 3. The van der Waals surface area contributed by atoms with Crippen LogP contribution in [0.3, 0.4) is 0 Å². The Bertz CT molecular complexity index is 988. The fourth-order valence-electron chi connectivity index (χ4n) is 2.33. The van der Waals surface area contributed by atoms with Crippen molar-refractivity contribution in [2.75, 3.05) is 5.75 Å². The van der Waals surface area contributed by atoms with Gasteiger partial charge in [-0.15, -0.1) is 0 Å². The largest absolute Gasteiger partial charge is 0.478 e. The summed E-state index contributed by atoms with van der Waals surface area (Å²) in [6, 6.07) is 4.65. The number of carbonyl (C=O) groups is 1. The summed E-state index contributed by atoms with van der Waals surface area (Å²) in [6.07, 6.45) is -4.88. The Morgan fingerprint density at radius 3 is 2.37 bits per heavy atom. The molecule has 1 N–H and O–H groups in total. The van der Waals surface area contributed by atoms with Crippen LogP contribution in [-0.4, -0.2) is 35.2 Å². The molecule has 27 heavy (non-hydrogen) atoms. The van der Waals surface area contributed by atoms with Gasteiger partial charge in [0.05, 0.1) is 21.8 Å². The summed E-state index contributed by atoms with van der Waals surface area (Å²) in [7, 11) is -4.14. The number of carboxylic acid groups (broad SMARTS) is 1. The van der Waals surface area contributed by atoms with Gasteiger partial charge in [0.2, 0.25) is 0 Å². The molecule has 1 aromatic heterocycles. The lowest BCUT2D eigenvalue weighted by molar-refractivity contribution is -0.385. The maximum atomic E-state index is 13.2. The number of hydrogen-bond acceptors (Lipinski definition) is 6. The minimum Gasteiger partial charge on any atom is -0.478 e. The van der Waals surface area contributed by atoms with Crippen LogP contribution in [0.5, 0.6) is 0 Å².